The molecule has 0 spiro atoms. The molecule has 2 N–H and O–H groups in total. The number of nitrogens with one attached hydrogen (secondary N) is 2. The van der Waals surface area contributed by atoms with E-state index in [0.717, 1.165) is 5.56 Å². The molecule has 0 heterocycles. The van der Waals surface area contributed by atoms with E-state index >= 15 is 0 Å². The number of carbonyl (C=O) groups excluding carboxylic acids is 1. The highest BCUT2D eigenvalue weighted by molar-refractivity contribution is 7.89. The van der Waals surface area contributed by atoms with Crippen molar-refractivity contribution in [2.75, 3.05) is 11.9 Å². The summed E-state index contributed by atoms with van der Waals surface area (Å²) < 4.78 is 26.6. The lowest BCUT2D eigenvalue weighted by Crippen LogP contribution is -2.28. The van der Waals surface area contributed by atoms with Crippen LogP contribution in [-0.4, -0.2) is 20.9 Å². The lowest BCUT2D eigenvalue weighted by molar-refractivity contribution is -0.116. The van der Waals surface area contributed by atoms with Crippen molar-refractivity contribution in [2.24, 2.45) is 0 Å². The van der Waals surface area contributed by atoms with Crippen LogP contribution in [0.25, 0.3) is 0 Å². The fourth-order valence-corrected chi connectivity index (χ4v) is 3.51. The zero-order valence-corrected chi connectivity index (χ0v) is 14.1. The molecule has 0 aliphatic carbocycles. The van der Waals surface area contributed by atoms with E-state index in [9.17, 15) is 13.2 Å². The summed E-state index contributed by atoms with van der Waals surface area (Å²) in [5, 5.41) is 2.89. The molecule has 0 saturated carbocycles. The molecule has 2 rings (SSSR count). The molecule has 2 aromatic rings. The van der Waals surface area contributed by atoms with Crippen LogP contribution in [0, 0.1) is 6.92 Å². The molecule has 0 saturated heterocycles. The Morgan fingerprint density at radius 1 is 1.09 bits per heavy atom. The number of sulfonamides is 1. The minimum Gasteiger partial charge on any atom is -0.326 e. The van der Waals surface area contributed by atoms with Gasteiger partial charge in [0.2, 0.25) is 15.9 Å². The van der Waals surface area contributed by atoms with Crippen molar-refractivity contribution in [3.8, 4) is 0 Å². The first-order chi connectivity index (χ1) is 10.9. The first-order valence-corrected chi connectivity index (χ1v) is 8.86. The van der Waals surface area contributed by atoms with Gasteiger partial charge in [-0.1, -0.05) is 41.9 Å². The Hall–Kier alpha value is -1.89. The van der Waals surface area contributed by atoms with Gasteiger partial charge in [0.05, 0.1) is 5.02 Å². The first kappa shape index (κ1) is 17.5. The van der Waals surface area contributed by atoms with Gasteiger partial charge in [-0.05, 0) is 30.7 Å². The lowest BCUT2D eigenvalue weighted by atomic mass is 10.2. The largest absolute Gasteiger partial charge is 0.326 e. The monoisotopic (exact) mass is 352 g/mol. The maximum atomic E-state index is 12.1. The number of rotatable bonds is 6. The fourth-order valence-electron chi connectivity index (χ4n) is 1.97. The quantitative estimate of drug-likeness (QED) is 0.839. The summed E-state index contributed by atoms with van der Waals surface area (Å²) in [5.74, 6) is -0.263. The van der Waals surface area contributed by atoms with Crippen molar-refractivity contribution >= 4 is 33.2 Å². The van der Waals surface area contributed by atoms with Gasteiger partial charge in [0, 0.05) is 18.7 Å². The van der Waals surface area contributed by atoms with Crippen LogP contribution in [0.3, 0.4) is 0 Å². The van der Waals surface area contributed by atoms with Crippen molar-refractivity contribution in [3.63, 3.8) is 0 Å². The number of benzene rings is 2. The molecule has 0 aromatic heterocycles. The van der Waals surface area contributed by atoms with E-state index in [-0.39, 0.29) is 28.8 Å². The van der Waals surface area contributed by atoms with Crippen molar-refractivity contribution in [3.05, 3.63) is 59.1 Å². The molecular weight excluding hydrogens is 336 g/mol. The van der Waals surface area contributed by atoms with E-state index in [1.807, 2.05) is 25.1 Å². The van der Waals surface area contributed by atoms with Crippen LogP contribution in [0.2, 0.25) is 5.02 Å². The fraction of sp³-hybridized carbons (Fsp3) is 0.188. The highest BCUT2D eigenvalue weighted by Crippen LogP contribution is 2.20. The Morgan fingerprint density at radius 2 is 1.74 bits per heavy atom. The van der Waals surface area contributed by atoms with E-state index in [1.165, 1.54) is 12.1 Å². The highest BCUT2D eigenvalue weighted by Gasteiger charge is 2.17. The average molecular weight is 353 g/mol. The van der Waals surface area contributed by atoms with Gasteiger partial charge in [-0.25, -0.2) is 13.1 Å². The van der Waals surface area contributed by atoms with Gasteiger partial charge >= 0.3 is 0 Å². The number of para-hydroxylation sites is 1. The summed E-state index contributed by atoms with van der Waals surface area (Å²) in [6.07, 6.45) is 0.0258. The zero-order valence-electron chi connectivity index (χ0n) is 12.5. The summed E-state index contributed by atoms with van der Waals surface area (Å²) in [4.78, 5) is 11.9. The summed E-state index contributed by atoms with van der Waals surface area (Å²) in [7, 11) is -3.73. The SMILES string of the molecule is Cc1ccccc1NC(=O)CCNS(=O)(=O)c1ccccc1Cl. The molecule has 0 unspecified atom stereocenters. The van der Waals surface area contributed by atoms with E-state index in [0.29, 0.717) is 5.69 Å². The summed E-state index contributed by atoms with van der Waals surface area (Å²) >= 11 is 5.88. The Bertz CT molecular complexity index is 806. The van der Waals surface area contributed by atoms with Gasteiger partial charge in [-0.15, -0.1) is 0 Å². The highest BCUT2D eigenvalue weighted by atomic mass is 35.5. The minimum absolute atomic E-state index is 0.000906. The van der Waals surface area contributed by atoms with Crippen LogP contribution in [-0.2, 0) is 14.8 Å². The molecule has 5 nitrogen and oxygen atoms in total. The molecule has 7 heteroatoms. The number of amides is 1. The summed E-state index contributed by atoms with van der Waals surface area (Å²) in [6, 6.07) is 13.5. The van der Waals surface area contributed by atoms with Gasteiger partial charge in [0.1, 0.15) is 4.90 Å². The van der Waals surface area contributed by atoms with Gasteiger partial charge in [0.25, 0.3) is 0 Å². The second kappa shape index (κ2) is 7.59. The first-order valence-electron chi connectivity index (χ1n) is 7.00. The number of hydrogen-bond acceptors (Lipinski definition) is 3. The molecule has 23 heavy (non-hydrogen) atoms. The minimum atomic E-state index is -3.73. The molecule has 0 bridgehead atoms. The van der Waals surface area contributed by atoms with Gasteiger partial charge in [-0.2, -0.15) is 0 Å². The summed E-state index contributed by atoms with van der Waals surface area (Å²) in [6.45, 7) is 1.88. The van der Waals surface area contributed by atoms with E-state index < -0.39 is 10.0 Å². The maximum Gasteiger partial charge on any atom is 0.242 e. The van der Waals surface area contributed by atoms with Crippen LogP contribution < -0.4 is 10.0 Å². The molecule has 1 amide bonds. The second-order valence-electron chi connectivity index (χ2n) is 4.94. The van der Waals surface area contributed by atoms with E-state index in [2.05, 4.69) is 10.0 Å². The van der Waals surface area contributed by atoms with Crippen molar-refractivity contribution in [2.45, 2.75) is 18.2 Å². The number of carbonyl (C=O) groups is 1. The van der Waals surface area contributed by atoms with Gasteiger partial charge in [-0.3, -0.25) is 4.79 Å². The third-order valence-electron chi connectivity index (χ3n) is 3.19. The number of aryl methyl sites for hydroxylation is 1. The van der Waals surface area contributed by atoms with E-state index in [1.54, 1.807) is 18.2 Å². The Labute approximate surface area is 140 Å². The third-order valence-corrected chi connectivity index (χ3v) is 5.15. The number of halogens is 1. The molecule has 0 fully saturated rings. The Balaban J connectivity index is 1.91. The predicted octanol–water partition coefficient (Wildman–Crippen LogP) is 2.96. The van der Waals surface area contributed by atoms with Crippen LogP contribution in [0.15, 0.2) is 53.4 Å². The number of anilines is 1. The Morgan fingerprint density at radius 3 is 2.43 bits per heavy atom. The molecule has 0 atom stereocenters. The standard InChI is InChI=1S/C16H17ClN2O3S/c1-12-6-2-4-8-14(12)19-16(20)10-11-18-23(21,22)15-9-5-3-7-13(15)17/h2-9,18H,10-11H2,1H3,(H,19,20). The van der Waals surface area contributed by atoms with Gasteiger partial charge < -0.3 is 5.32 Å². The van der Waals surface area contributed by atoms with Crippen molar-refractivity contribution in [1.29, 1.82) is 0 Å². The predicted molar refractivity (Wildman–Crippen MR) is 91.1 cm³/mol. The third kappa shape index (κ3) is 4.79. The smallest absolute Gasteiger partial charge is 0.242 e. The molecular formula is C16H17ClN2O3S. The Kier molecular flexibility index (Phi) is 5.76. The maximum absolute atomic E-state index is 12.1. The topological polar surface area (TPSA) is 75.3 Å². The van der Waals surface area contributed by atoms with Crippen LogP contribution >= 0.6 is 11.6 Å². The van der Waals surface area contributed by atoms with Crippen LogP contribution in [0.4, 0.5) is 5.69 Å². The molecule has 2 aromatic carbocycles. The van der Waals surface area contributed by atoms with E-state index in [4.69, 9.17) is 11.6 Å². The van der Waals surface area contributed by atoms with Crippen molar-refractivity contribution in [1.82, 2.24) is 4.72 Å². The normalized spacial score (nSPS) is 11.2. The molecule has 122 valence electrons. The van der Waals surface area contributed by atoms with Gasteiger partial charge in [0.15, 0.2) is 0 Å². The summed E-state index contributed by atoms with van der Waals surface area (Å²) in [5.41, 5.74) is 1.66. The lowest BCUT2D eigenvalue weighted by Gasteiger charge is -2.10. The second-order valence-corrected chi connectivity index (χ2v) is 7.08. The van der Waals surface area contributed by atoms with Crippen LogP contribution in [0.1, 0.15) is 12.0 Å². The number of hydrogen-bond donors (Lipinski definition) is 2. The zero-order chi connectivity index (χ0) is 16.9. The van der Waals surface area contributed by atoms with Crippen molar-refractivity contribution < 1.29 is 13.2 Å². The molecule has 0 aliphatic heterocycles. The molecule has 0 aliphatic rings. The molecule has 0 radical (unpaired) electrons. The average Bonchev–Trinajstić information content (AvgIpc) is 2.49. The van der Waals surface area contributed by atoms with Crippen LogP contribution in [0.5, 0.6) is 0 Å².